The maximum absolute atomic E-state index is 14.0. The van der Waals surface area contributed by atoms with E-state index in [1.165, 1.54) is 49.5 Å². The zero-order valence-electron chi connectivity index (χ0n) is 24.5. The molecule has 0 unspecified atom stereocenters. The van der Waals surface area contributed by atoms with E-state index in [2.05, 4.69) is 5.32 Å². The van der Waals surface area contributed by atoms with E-state index in [0.29, 0.717) is 18.7 Å². The van der Waals surface area contributed by atoms with E-state index >= 15 is 0 Å². The number of hydrogen-bond donors (Lipinski definition) is 1. The number of hydrogen-bond acceptors (Lipinski definition) is 6. The van der Waals surface area contributed by atoms with Crippen LogP contribution in [0.3, 0.4) is 0 Å². The molecule has 0 fully saturated rings. The van der Waals surface area contributed by atoms with Crippen molar-refractivity contribution in [2.24, 2.45) is 5.92 Å². The van der Waals surface area contributed by atoms with Gasteiger partial charge in [-0.1, -0.05) is 44.2 Å². The number of benzene rings is 3. The molecule has 3 aromatic rings. The second kappa shape index (κ2) is 14.7. The molecule has 11 heteroatoms. The monoisotopic (exact) mass is 599 g/mol. The number of sulfonamides is 1. The number of halogens is 1. The molecule has 0 heterocycles. The van der Waals surface area contributed by atoms with Gasteiger partial charge in [-0.3, -0.25) is 13.9 Å². The van der Waals surface area contributed by atoms with Gasteiger partial charge in [0.1, 0.15) is 18.4 Å². The van der Waals surface area contributed by atoms with Crippen molar-refractivity contribution in [1.82, 2.24) is 10.2 Å². The number of nitrogens with zero attached hydrogens (tertiary/aromatic N) is 2. The van der Waals surface area contributed by atoms with Gasteiger partial charge in [-0.25, -0.2) is 12.8 Å². The molecule has 1 atom stereocenters. The van der Waals surface area contributed by atoms with Crippen molar-refractivity contribution in [3.63, 3.8) is 0 Å². The highest BCUT2D eigenvalue weighted by Crippen LogP contribution is 2.32. The smallest absolute Gasteiger partial charge is 0.264 e. The second-order valence-corrected chi connectivity index (χ2v) is 12.0. The van der Waals surface area contributed by atoms with Crippen LogP contribution in [0.5, 0.6) is 11.5 Å². The molecule has 0 aliphatic carbocycles. The van der Waals surface area contributed by atoms with Crippen molar-refractivity contribution >= 4 is 27.5 Å². The van der Waals surface area contributed by atoms with E-state index in [1.54, 1.807) is 6.92 Å². The van der Waals surface area contributed by atoms with Gasteiger partial charge in [0.2, 0.25) is 11.8 Å². The largest absolute Gasteiger partial charge is 0.493 e. The Labute approximate surface area is 247 Å². The Kier molecular flexibility index (Phi) is 11.3. The quantitative estimate of drug-likeness (QED) is 0.297. The topological polar surface area (TPSA) is 105 Å². The van der Waals surface area contributed by atoms with E-state index < -0.39 is 34.3 Å². The minimum Gasteiger partial charge on any atom is -0.493 e. The van der Waals surface area contributed by atoms with Crippen molar-refractivity contribution in [2.75, 3.05) is 38.2 Å². The molecular weight excluding hydrogens is 561 g/mol. The molecule has 1 N–H and O–H groups in total. The minimum absolute atomic E-state index is 0.0828. The summed E-state index contributed by atoms with van der Waals surface area (Å²) >= 11 is 0. The van der Waals surface area contributed by atoms with Crippen LogP contribution in [0.25, 0.3) is 0 Å². The normalized spacial score (nSPS) is 12.0. The fourth-order valence-electron chi connectivity index (χ4n) is 4.26. The van der Waals surface area contributed by atoms with Crippen molar-refractivity contribution in [3.05, 3.63) is 84.2 Å². The number of methoxy groups -OCH3 is 2. The number of carbonyl (C=O) groups is 2. The molecule has 0 spiro atoms. The predicted octanol–water partition coefficient (Wildman–Crippen LogP) is 4.27. The lowest BCUT2D eigenvalue weighted by molar-refractivity contribution is -0.138. The van der Waals surface area contributed by atoms with Gasteiger partial charge in [-0.05, 0) is 61.2 Å². The highest BCUT2D eigenvalue weighted by Gasteiger charge is 2.33. The summed E-state index contributed by atoms with van der Waals surface area (Å²) in [5, 5.41) is 2.85. The van der Waals surface area contributed by atoms with Gasteiger partial charge in [0.05, 0.1) is 24.8 Å². The third-order valence-corrected chi connectivity index (χ3v) is 8.44. The Morgan fingerprint density at radius 3 is 2.14 bits per heavy atom. The summed E-state index contributed by atoms with van der Waals surface area (Å²) in [6, 6.07) is 17.5. The molecule has 0 aliphatic heterocycles. The number of anilines is 1. The summed E-state index contributed by atoms with van der Waals surface area (Å²) < 4.78 is 53.2. The average molecular weight is 600 g/mol. The molecular formula is C31H38FN3O6S. The first-order valence-corrected chi connectivity index (χ1v) is 15.0. The Morgan fingerprint density at radius 1 is 0.905 bits per heavy atom. The lowest BCUT2D eigenvalue weighted by Crippen LogP contribution is -2.52. The van der Waals surface area contributed by atoms with Crippen LogP contribution in [0.4, 0.5) is 10.1 Å². The molecule has 0 radical (unpaired) electrons. The summed E-state index contributed by atoms with van der Waals surface area (Å²) in [6.45, 7) is 5.51. The van der Waals surface area contributed by atoms with Gasteiger partial charge in [-0.2, -0.15) is 0 Å². The Hall–Kier alpha value is -4.12. The number of amides is 2. The van der Waals surface area contributed by atoms with Gasteiger partial charge in [0.15, 0.2) is 11.5 Å². The summed E-state index contributed by atoms with van der Waals surface area (Å²) in [5.74, 6) is -0.783. The van der Waals surface area contributed by atoms with Crippen LogP contribution in [0.15, 0.2) is 77.7 Å². The van der Waals surface area contributed by atoms with Crippen molar-refractivity contribution in [1.29, 1.82) is 0 Å². The number of nitrogens with one attached hydrogen (secondary N) is 1. The van der Waals surface area contributed by atoms with Crippen LogP contribution in [0, 0.1) is 11.7 Å². The maximum Gasteiger partial charge on any atom is 0.264 e. The molecule has 42 heavy (non-hydrogen) atoms. The summed E-state index contributed by atoms with van der Waals surface area (Å²) in [6.07, 6.45) is 0.452. The summed E-state index contributed by atoms with van der Waals surface area (Å²) in [5.41, 5.74) is 1.04. The molecule has 2 amide bonds. The third kappa shape index (κ3) is 8.22. The first kappa shape index (κ1) is 32.4. The second-order valence-electron chi connectivity index (χ2n) is 10.1. The fraction of sp³-hybridized carbons (Fsp3) is 0.355. The zero-order valence-corrected chi connectivity index (χ0v) is 25.4. The van der Waals surface area contributed by atoms with Crippen LogP contribution in [0.1, 0.15) is 26.3 Å². The van der Waals surface area contributed by atoms with Crippen LogP contribution in [-0.2, 0) is 26.0 Å². The minimum atomic E-state index is -4.36. The standard InChI is InChI=1S/C31H38FN3O6S/c1-22(2)20-33-31(37)23(3)34(18-17-24-9-7-6-8-10-24)30(36)21-35(26-13-11-25(32)12-14-26)42(38,39)27-15-16-28(40-4)29(19-27)41-5/h6-16,19,22-23H,17-18,20-21H2,1-5H3,(H,33,37)/t23-/m1/s1. The lowest BCUT2D eigenvalue weighted by atomic mass is 10.1. The molecule has 0 aliphatic rings. The van der Waals surface area contributed by atoms with E-state index in [1.807, 2.05) is 44.2 Å². The molecule has 0 saturated heterocycles. The van der Waals surface area contributed by atoms with Gasteiger partial charge in [0, 0.05) is 19.2 Å². The SMILES string of the molecule is COc1ccc(S(=O)(=O)N(CC(=O)N(CCc2ccccc2)[C@H](C)C(=O)NCC(C)C)c2ccc(F)cc2)cc1OC. The average Bonchev–Trinajstić information content (AvgIpc) is 2.99. The Balaban J connectivity index is 2.00. The van der Waals surface area contributed by atoms with E-state index in [0.717, 1.165) is 22.0 Å². The van der Waals surface area contributed by atoms with E-state index in [-0.39, 0.29) is 34.7 Å². The lowest BCUT2D eigenvalue weighted by Gasteiger charge is -2.32. The first-order chi connectivity index (χ1) is 20.0. The highest BCUT2D eigenvalue weighted by molar-refractivity contribution is 7.92. The van der Waals surface area contributed by atoms with Crippen LogP contribution in [0.2, 0.25) is 0 Å². The molecule has 3 aromatic carbocycles. The fourth-order valence-corrected chi connectivity index (χ4v) is 5.69. The molecule has 0 bridgehead atoms. The molecule has 0 saturated carbocycles. The van der Waals surface area contributed by atoms with Gasteiger partial charge < -0.3 is 19.7 Å². The van der Waals surface area contributed by atoms with Gasteiger partial charge >= 0.3 is 0 Å². The summed E-state index contributed by atoms with van der Waals surface area (Å²) in [4.78, 5) is 28.2. The Morgan fingerprint density at radius 2 is 1.55 bits per heavy atom. The van der Waals surface area contributed by atoms with Gasteiger partial charge in [-0.15, -0.1) is 0 Å². The van der Waals surface area contributed by atoms with Crippen LogP contribution in [-0.4, -0.2) is 65.0 Å². The van der Waals surface area contributed by atoms with Crippen molar-refractivity contribution in [3.8, 4) is 11.5 Å². The number of carbonyl (C=O) groups excluding carboxylic acids is 2. The van der Waals surface area contributed by atoms with Crippen molar-refractivity contribution in [2.45, 2.75) is 38.1 Å². The first-order valence-electron chi connectivity index (χ1n) is 13.6. The molecule has 3 rings (SSSR count). The highest BCUT2D eigenvalue weighted by atomic mass is 32.2. The van der Waals surface area contributed by atoms with Crippen LogP contribution < -0.4 is 19.1 Å². The number of rotatable bonds is 14. The molecule has 226 valence electrons. The van der Waals surface area contributed by atoms with Gasteiger partial charge in [0.25, 0.3) is 10.0 Å². The molecule has 9 nitrogen and oxygen atoms in total. The summed E-state index contributed by atoms with van der Waals surface area (Å²) in [7, 11) is -1.55. The van der Waals surface area contributed by atoms with E-state index in [4.69, 9.17) is 9.47 Å². The van der Waals surface area contributed by atoms with Crippen molar-refractivity contribution < 1.29 is 31.9 Å². The predicted molar refractivity (Wildman–Crippen MR) is 160 cm³/mol. The Bertz CT molecular complexity index is 1450. The molecule has 0 aromatic heterocycles. The van der Waals surface area contributed by atoms with E-state index in [9.17, 15) is 22.4 Å². The third-order valence-electron chi connectivity index (χ3n) is 6.67. The zero-order chi connectivity index (χ0) is 30.9. The maximum atomic E-state index is 14.0. The number of ether oxygens (including phenoxy) is 2. The van der Waals surface area contributed by atoms with Crippen LogP contribution >= 0.6 is 0 Å².